The smallest absolute Gasteiger partial charge is 0.319 e. The first-order valence-electron chi connectivity index (χ1n) is 7.19. The monoisotopic (exact) mass is 292 g/mol. The molecule has 0 heterocycles. The molecule has 1 aromatic rings. The molecule has 3 N–H and O–H groups in total. The largest absolute Gasteiger partial charge is 0.481 e. The molecule has 0 saturated heterocycles. The standard InChI is InChI=1S/C16H24N2O3/c1-5-16(6-2,14(19)20)10-17-15(21)18-13-8-11(3)7-12(4)9-13/h7-9H,5-6,10H2,1-4H3,(H,19,20)(H2,17,18,21). The van der Waals surface area contributed by atoms with Gasteiger partial charge in [0.05, 0.1) is 5.41 Å². The van der Waals surface area contributed by atoms with Crippen molar-refractivity contribution in [3.05, 3.63) is 29.3 Å². The molecule has 1 rings (SSSR count). The number of carboxylic acid groups (broad SMARTS) is 1. The second kappa shape index (κ2) is 7.11. The third kappa shape index (κ3) is 4.48. The SMILES string of the molecule is CCC(CC)(CNC(=O)Nc1cc(C)cc(C)c1)C(=O)O. The van der Waals surface area contributed by atoms with Crippen LogP contribution in [-0.4, -0.2) is 23.7 Å². The summed E-state index contributed by atoms with van der Waals surface area (Å²) in [7, 11) is 0. The van der Waals surface area contributed by atoms with E-state index in [0.29, 0.717) is 18.5 Å². The second-order valence-electron chi connectivity index (χ2n) is 5.48. The van der Waals surface area contributed by atoms with Gasteiger partial charge in [0.1, 0.15) is 0 Å². The molecule has 0 spiro atoms. The van der Waals surface area contributed by atoms with Gasteiger partial charge in [0.25, 0.3) is 0 Å². The number of carboxylic acids is 1. The lowest BCUT2D eigenvalue weighted by Gasteiger charge is -2.26. The lowest BCUT2D eigenvalue weighted by atomic mass is 9.82. The minimum atomic E-state index is -0.903. The molecule has 1 aromatic carbocycles. The summed E-state index contributed by atoms with van der Waals surface area (Å²) in [5.41, 5.74) is 1.93. The fourth-order valence-electron chi connectivity index (χ4n) is 2.35. The number of carbonyl (C=O) groups excluding carboxylic acids is 1. The van der Waals surface area contributed by atoms with Crippen LogP contribution >= 0.6 is 0 Å². The van der Waals surface area contributed by atoms with Crippen LogP contribution in [0.3, 0.4) is 0 Å². The zero-order valence-electron chi connectivity index (χ0n) is 13.1. The van der Waals surface area contributed by atoms with Crippen molar-refractivity contribution in [2.24, 2.45) is 5.41 Å². The zero-order valence-corrected chi connectivity index (χ0v) is 13.1. The summed E-state index contributed by atoms with van der Waals surface area (Å²) in [5.74, 6) is -0.876. The Morgan fingerprint density at radius 2 is 1.62 bits per heavy atom. The number of aryl methyl sites for hydroxylation is 2. The van der Waals surface area contributed by atoms with Crippen LogP contribution in [0.4, 0.5) is 10.5 Å². The minimum Gasteiger partial charge on any atom is -0.481 e. The first-order valence-corrected chi connectivity index (χ1v) is 7.19. The van der Waals surface area contributed by atoms with E-state index in [4.69, 9.17) is 0 Å². The lowest BCUT2D eigenvalue weighted by molar-refractivity contribution is -0.149. The van der Waals surface area contributed by atoms with E-state index < -0.39 is 11.4 Å². The molecular formula is C16H24N2O3. The molecule has 0 aliphatic rings. The molecule has 5 nitrogen and oxygen atoms in total. The van der Waals surface area contributed by atoms with Crippen molar-refractivity contribution in [3.8, 4) is 0 Å². The van der Waals surface area contributed by atoms with Gasteiger partial charge in [-0.2, -0.15) is 0 Å². The van der Waals surface area contributed by atoms with Crippen LogP contribution in [0.1, 0.15) is 37.8 Å². The number of rotatable bonds is 6. The molecule has 0 unspecified atom stereocenters. The van der Waals surface area contributed by atoms with Gasteiger partial charge in [-0.1, -0.05) is 19.9 Å². The summed E-state index contributed by atoms with van der Waals surface area (Å²) in [6.45, 7) is 7.67. The number of carbonyl (C=O) groups is 2. The van der Waals surface area contributed by atoms with Gasteiger partial charge < -0.3 is 15.7 Å². The first kappa shape index (κ1) is 17.0. The van der Waals surface area contributed by atoms with Crippen LogP contribution in [0, 0.1) is 19.3 Å². The average molecular weight is 292 g/mol. The molecule has 0 aliphatic carbocycles. The van der Waals surface area contributed by atoms with E-state index in [0.717, 1.165) is 11.1 Å². The Bertz CT molecular complexity index is 502. The zero-order chi connectivity index (χ0) is 16.0. The summed E-state index contributed by atoms with van der Waals surface area (Å²) >= 11 is 0. The number of nitrogens with one attached hydrogen (secondary N) is 2. The van der Waals surface area contributed by atoms with Crippen LogP contribution in [0.15, 0.2) is 18.2 Å². The summed E-state index contributed by atoms with van der Waals surface area (Å²) in [4.78, 5) is 23.3. The van der Waals surface area contributed by atoms with Crippen LogP contribution in [-0.2, 0) is 4.79 Å². The van der Waals surface area contributed by atoms with Gasteiger partial charge >= 0.3 is 12.0 Å². The lowest BCUT2D eigenvalue weighted by Crippen LogP contribution is -2.43. The summed E-state index contributed by atoms with van der Waals surface area (Å²) in [6.07, 6.45) is 0.950. The third-order valence-corrected chi connectivity index (χ3v) is 3.87. The number of anilines is 1. The highest BCUT2D eigenvalue weighted by Crippen LogP contribution is 2.25. The van der Waals surface area contributed by atoms with E-state index in [1.807, 2.05) is 45.9 Å². The quantitative estimate of drug-likeness (QED) is 0.752. The fourth-order valence-corrected chi connectivity index (χ4v) is 2.35. The van der Waals surface area contributed by atoms with Crippen LogP contribution in [0.2, 0.25) is 0 Å². The van der Waals surface area contributed by atoms with E-state index in [1.54, 1.807) is 0 Å². The predicted octanol–water partition coefficient (Wildman–Crippen LogP) is 3.32. The molecule has 0 aromatic heterocycles. The molecule has 21 heavy (non-hydrogen) atoms. The summed E-state index contributed by atoms with van der Waals surface area (Å²) in [5, 5.41) is 14.7. The molecule has 0 aliphatic heterocycles. The predicted molar refractivity (Wildman–Crippen MR) is 83.6 cm³/mol. The molecule has 0 saturated carbocycles. The van der Waals surface area contributed by atoms with Crippen molar-refractivity contribution in [1.29, 1.82) is 0 Å². The Morgan fingerprint density at radius 3 is 2.05 bits per heavy atom. The van der Waals surface area contributed by atoms with Crippen LogP contribution in [0.25, 0.3) is 0 Å². The topological polar surface area (TPSA) is 78.4 Å². The molecule has 0 bridgehead atoms. The van der Waals surface area contributed by atoms with Gasteiger partial charge in [-0.3, -0.25) is 4.79 Å². The molecule has 2 amide bonds. The highest BCUT2D eigenvalue weighted by molar-refractivity contribution is 5.90. The van der Waals surface area contributed by atoms with Crippen LogP contribution < -0.4 is 10.6 Å². The van der Waals surface area contributed by atoms with E-state index in [2.05, 4.69) is 10.6 Å². The van der Waals surface area contributed by atoms with Crippen molar-refractivity contribution < 1.29 is 14.7 Å². The molecule has 0 atom stereocenters. The number of benzene rings is 1. The van der Waals surface area contributed by atoms with Gasteiger partial charge in [0.15, 0.2) is 0 Å². The average Bonchev–Trinajstić information content (AvgIpc) is 2.38. The maximum absolute atomic E-state index is 11.9. The Kier molecular flexibility index (Phi) is 5.76. The molecule has 116 valence electrons. The van der Waals surface area contributed by atoms with Crippen molar-refractivity contribution in [3.63, 3.8) is 0 Å². The van der Waals surface area contributed by atoms with Crippen molar-refractivity contribution >= 4 is 17.7 Å². The number of hydrogen-bond acceptors (Lipinski definition) is 2. The Hall–Kier alpha value is -2.04. The molecule has 5 heteroatoms. The minimum absolute atomic E-state index is 0.117. The molecule has 0 radical (unpaired) electrons. The highest BCUT2D eigenvalue weighted by atomic mass is 16.4. The number of hydrogen-bond donors (Lipinski definition) is 3. The number of amides is 2. The first-order chi connectivity index (χ1) is 9.82. The van der Waals surface area contributed by atoms with Crippen LogP contribution in [0.5, 0.6) is 0 Å². The van der Waals surface area contributed by atoms with E-state index >= 15 is 0 Å². The summed E-state index contributed by atoms with van der Waals surface area (Å²) in [6, 6.07) is 5.38. The fraction of sp³-hybridized carbons (Fsp3) is 0.500. The normalized spacial score (nSPS) is 11.0. The molecule has 0 fully saturated rings. The van der Waals surface area contributed by atoms with Crippen molar-refractivity contribution in [2.75, 3.05) is 11.9 Å². The third-order valence-electron chi connectivity index (χ3n) is 3.87. The Morgan fingerprint density at radius 1 is 1.10 bits per heavy atom. The maximum atomic E-state index is 11.9. The van der Waals surface area contributed by atoms with Crippen molar-refractivity contribution in [1.82, 2.24) is 5.32 Å². The van der Waals surface area contributed by atoms with Gasteiger partial charge in [-0.15, -0.1) is 0 Å². The van der Waals surface area contributed by atoms with Crippen molar-refractivity contribution in [2.45, 2.75) is 40.5 Å². The Labute approximate surface area is 125 Å². The van der Waals surface area contributed by atoms with E-state index in [9.17, 15) is 14.7 Å². The summed E-state index contributed by atoms with van der Waals surface area (Å²) < 4.78 is 0. The van der Waals surface area contributed by atoms with E-state index in [1.165, 1.54) is 0 Å². The van der Waals surface area contributed by atoms with Gasteiger partial charge in [0, 0.05) is 12.2 Å². The number of urea groups is 1. The van der Waals surface area contributed by atoms with Gasteiger partial charge in [-0.05, 0) is 49.9 Å². The Balaban J connectivity index is 2.67. The van der Waals surface area contributed by atoms with Gasteiger partial charge in [-0.25, -0.2) is 4.79 Å². The van der Waals surface area contributed by atoms with Gasteiger partial charge in [0.2, 0.25) is 0 Å². The maximum Gasteiger partial charge on any atom is 0.319 e. The second-order valence-corrected chi connectivity index (χ2v) is 5.48. The molecular weight excluding hydrogens is 268 g/mol. The highest BCUT2D eigenvalue weighted by Gasteiger charge is 2.35. The van der Waals surface area contributed by atoms with E-state index in [-0.39, 0.29) is 12.6 Å². The number of aliphatic carboxylic acids is 1.